The minimum Gasteiger partial charge on any atom is -0.366 e. The van der Waals surface area contributed by atoms with Crippen LogP contribution in [-0.2, 0) is 35.9 Å². The van der Waals surface area contributed by atoms with Gasteiger partial charge in [0.25, 0.3) is 10.2 Å². The molecule has 0 fully saturated rings. The van der Waals surface area contributed by atoms with E-state index in [1.165, 1.54) is 0 Å². The fraction of sp³-hybridized carbons (Fsp3) is 0.400. The molecule has 0 aliphatic carbocycles. The zero-order valence-corrected chi connectivity index (χ0v) is 18.7. The zero-order valence-electron chi connectivity index (χ0n) is 15.1. The summed E-state index contributed by atoms with van der Waals surface area (Å²) in [6, 6.07) is 0. The van der Waals surface area contributed by atoms with Gasteiger partial charge in [-0.25, -0.2) is 9.97 Å². The van der Waals surface area contributed by atoms with Crippen molar-refractivity contribution in [1.29, 1.82) is 0 Å². The number of hydrogen-bond donors (Lipinski definition) is 8. The number of aliphatic hydroxyl groups is 1. The molecule has 0 amide bonds. The molecule has 2 heterocycles. The van der Waals surface area contributed by atoms with Crippen molar-refractivity contribution in [3.63, 3.8) is 0 Å². The van der Waals surface area contributed by atoms with E-state index < -0.39 is 53.6 Å². The zero-order chi connectivity index (χ0) is 23.9. The first-order valence-corrected chi connectivity index (χ1v) is 14.1. The van der Waals surface area contributed by atoms with E-state index in [1.54, 1.807) is 0 Å². The maximum atomic E-state index is 12.9. The summed E-state index contributed by atoms with van der Waals surface area (Å²) in [5.41, 5.74) is 0. The van der Waals surface area contributed by atoms with E-state index >= 15 is 0 Å². The maximum Gasteiger partial charge on any atom is 0.375 e. The fourth-order valence-corrected chi connectivity index (χ4v) is 8.65. The molecule has 0 radical (unpaired) electrons. The van der Waals surface area contributed by atoms with Gasteiger partial charge in [-0.05, 0) is 0 Å². The highest BCUT2D eigenvalue weighted by Gasteiger charge is 2.71. The summed E-state index contributed by atoms with van der Waals surface area (Å²) in [7, 11) is -24.9. The standard InChI is InChI=1S/C10H18N4O13P4/c15-9(28(16,17)18,5-13-3-1-11-7-13)31(25,26)27-10(29(19,20)21,30(22,23)24)6-14-4-2-12-8-14/h1-4,7-8,15H,5-6H2,(H,25,26)(H2,16,17,18)(H2,19,20,21)(H2,22,23,24). The average molecular weight is 526 g/mol. The molecule has 17 nitrogen and oxygen atoms in total. The first-order chi connectivity index (χ1) is 13.9. The van der Waals surface area contributed by atoms with Gasteiger partial charge in [-0.3, -0.25) is 22.8 Å². The third kappa shape index (κ3) is 5.00. The van der Waals surface area contributed by atoms with Crippen LogP contribution in [0.4, 0.5) is 0 Å². The van der Waals surface area contributed by atoms with Crippen molar-refractivity contribution in [2.75, 3.05) is 0 Å². The highest BCUT2D eigenvalue weighted by atomic mass is 31.3. The van der Waals surface area contributed by atoms with Crippen LogP contribution in [0.1, 0.15) is 0 Å². The second kappa shape index (κ2) is 8.40. The van der Waals surface area contributed by atoms with Gasteiger partial charge in [0.2, 0.25) is 0 Å². The molecule has 2 atom stereocenters. The van der Waals surface area contributed by atoms with E-state index in [2.05, 4.69) is 14.5 Å². The second-order valence-electron chi connectivity index (χ2n) is 6.23. The Morgan fingerprint density at radius 3 is 1.48 bits per heavy atom. The Morgan fingerprint density at radius 1 is 0.742 bits per heavy atom. The van der Waals surface area contributed by atoms with Gasteiger partial charge in [-0.2, -0.15) is 0 Å². The van der Waals surface area contributed by atoms with Crippen molar-refractivity contribution in [3.05, 3.63) is 37.4 Å². The highest BCUT2D eigenvalue weighted by Crippen LogP contribution is 2.79. The molecule has 0 saturated carbocycles. The van der Waals surface area contributed by atoms with Gasteiger partial charge in [0, 0.05) is 24.8 Å². The number of rotatable bonds is 10. The molecule has 0 saturated heterocycles. The topological polar surface area (TPSA) is 275 Å². The molecule has 0 bridgehead atoms. The Bertz CT molecular complexity index is 1060. The molecule has 0 aliphatic heterocycles. The van der Waals surface area contributed by atoms with E-state index in [0.717, 1.165) is 42.0 Å². The van der Waals surface area contributed by atoms with Gasteiger partial charge in [0.05, 0.1) is 25.7 Å². The Kier molecular flexibility index (Phi) is 7.11. The molecule has 2 rings (SSSR count). The van der Waals surface area contributed by atoms with Crippen LogP contribution in [0.15, 0.2) is 37.4 Å². The normalized spacial score (nSPS) is 17.8. The van der Waals surface area contributed by atoms with Crippen LogP contribution in [0.5, 0.6) is 0 Å². The fourth-order valence-electron chi connectivity index (χ4n) is 2.35. The van der Waals surface area contributed by atoms with Crippen molar-refractivity contribution < 1.29 is 62.1 Å². The lowest BCUT2D eigenvalue weighted by Gasteiger charge is -2.39. The molecule has 0 aliphatic rings. The Labute approximate surface area is 173 Å². The van der Waals surface area contributed by atoms with Crippen LogP contribution in [-0.4, -0.2) is 68.6 Å². The number of imidazole rings is 2. The molecule has 2 aromatic heterocycles. The summed E-state index contributed by atoms with van der Waals surface area (Å²) in [6.07, 6.45) is 5.76. The van der Waals surface area contributed by atoms with E-state index in [-0.39, 0.29) is 0 Å². The number of hydrogen-bond acceptors (Lipinski definition) is 8. The molecule has 8 N–H and O–H groups in total. The second-order valence-corrected chi connectivity index (χ2v) is 14.3. The minimum absolute atomic E-state index is 0.671. The predicted molar refractivity (Wildman–Crippen MR) is 99.2 cm³/mol. The van der Waals surface area contributed by atoms with Crippen LogP contribution < -0.4 is 0 Å². The van der Waals surface area contributed by atoms with Crippen LogP contribution >= 0.6 is 30.4 Å². The van der Waals surface area contributed by atoms with E-state index in [9.17, 15) is 57.6 Å². The largest absolute Gasteiger partial charge is 0.375 e. The summed E-state index contributed by atoms with van der Waals surface area (Å²) in [4.78, 5) is 75.1. The van der Waals surface area contributed by atoms with Gasteiger partial charge in [0.1, 0.15) is 0 Å². The lowest BCUT2D eigenvalue weighted by atomic mass is 10.6. The van der Waals surface area contributed by atoms with Crippen LogP contribution in [0.25, 0.3) is 0 Å². The van der Waals surface area contributed by atoms with Gasteiger partial charge in [0.15, 0.2) is 0 Å². The average Bonchev–Trinajstić information content (AvgIpc) is 3.24. The third-order valence-corrected chi connectivity index (χ3v) is 12.4. The summed E-state index contributed by atoms with van der Waals surface area (Å²) in [6.45, 7) is -2.87. The van der Waals surface area contributed by atoms with Crippen molar-refractivity contribution in [2.24, 2.45) is 0 Å². The Morgan fingerprint density at radius 2 is 1.16 bits per heavy atom. The predicted octanol–water partition coefficient (Wildman–Crippen LogP) is -1.19. The van der Waals surface area contributed by atoms with Crippen molar-refractivity contribution in [3.8, 4) is 0 Å². The summed E-state index contributed by atoms with van der Waals surface area (Å²) in [5.74, 6) is 0. The third-order valence-electron chi connectivity index (χ3n) is 4.00. The molecule has 2 aromatic rings. The van der Waals surface area contributed by atoms with Gasteiger partial charge in [-0.15, -0.1) is 0 Å². The maximum absolute atomic E-state index is 12.9. The SMILES string of the molecule is O=P(O)(O)C(Cn1ccnc1)(OP(=O)(O)C(O)(Cn1ccnc1)P(=O)(O)O)P(=O)(O)O. The van der Waals surface area contributed by atoms with Crippen molar-refractivity contribution in [1.82, 2.24) is 19.1 Å². The lowest BCUT2D eigenvalue weighted by molar-refractivity contribution is 0.0677. The molecular weight excluding hydrogens is 508 g/mol. The lowest BCUT2D eigenvalue weighted by Crippen LogP contribution is -2.42. The van der Waals surface area contributed by atoms with Crippen LogP contribution in [0.2, 0.25) is 0 Å². The summed E-state index contributed by atoms with van der Waals surface area (Å²) >= 11 is 0. The van der Waals surface area contributed by atoms with E-state index in [4.69, 9.17) is 0 Å². The highest BCUT2D eigenvalue weighted by molar-refractivity contribution is 7.75. The first-order valence-electron chi connectivity index (χ1n) is 7.71. The Balaban J connectivity index is 2.69. The summed E-state index contributed by atoms with van der Waals surface area (Å²) < 4.78 is 54.8. The van der Waals surface area contributed by atoms with Gasteiger partial charge < -0.3 is 48.5 Å². The van der Waals surface area contributed by atoms with Crippen molar-refractivity contribution in [2.45, 2.75) is 23.3 Å². The molecule has 2 unspecified atom stereocenters. The quantitative estimate of drug-likeness (QED) is 0.169. The van der Waals surface area contributed by atoms with E-state index in [1.807, 2.05) is 0 Å². The molecule has 0 spiro atoms. The Hall–Kier alpha value is -1.02. The summed E-state index contributed by atoms with van der Waals surface area (Å²) in [5, 5.41) is 2.29. The van der Waals surface area contributed by atoms with Crippen molar-refractivity contribution >= 4 is 30.4 Å². The molecule has 31 heavy (non-hydrogen) atoms. The minimum atomic E-state index is -6.38. The number of aromatic nitrogens is 4. The molecular formula is C10H18N4O13P4. The van der Waals surface area contributed by atoms with Crippen LogP contribution in [0.3, 0.4) is 0 Å². The molecule has 176 valence electrons. The first kappa shape index (κ1) is 26.2. The monoisotopic (exact) mass is 526 g/mol. The smallest absolute Gasteiger partial charge is 0.366 e. The number of nitrogens with zero attached hydrogens (tertiary/aromatic N) is 4. The van der Waals surface area contributed by atoms with Gasteiger partial charge >= 0.3 is 30.4 Å². The van der Waals surface area contributed by atoms with E-state index in [0.29, 0.717) is 4.57 Å². The van der Waals surface area contributed by atoms with Gasteiger partial charge in [-0.1, -0.05) is 0 Å². The molecule has 0 aromatic carbocycles. The molecule has 21 heteroatoms. The van der Waals surface area contributed by atoms with Crippen LogP contribution in [0, 0.1) is 0 Å².